The summed E-state index contributed by atoms with van der Waals surface area (Å²) in [5.74, 6) is 3.48. The summed E-state index contributed by atoms with van der Waals surface area (Å²) in [6.07, 6.45) is 18.4. The van der Waals surface area contributed by atoms with Gasteiger partial charge in [0.05, 0.1) is 36.2 Å². The minimum Gasteiger partial charge on any atom is -0.493 e. The largest absolute Gasteiger partial charge is 0.493 e. The first-order valence-electron chi connectivity index (χ1n) is 21.0. The Balaban J connectivity index is 1.84. The summed E-state index contributed by atoms with van der Waals surface area (Å²) in [6, 6.07) is 30.0. The molecule has 0 N–H and O–H groups in total. The number of hydrogen-bond donors (Lipinski definition) is 0. The van der Waals surface area contributed by atoms with Crippen LogP contribution in [0.1, 0.15) is 130 Å². The summed E-state index contributed by atoms with van der Waals surface area (Å²) in [6.45, 7) is 11.7. The Hall–Kier alpha value is -3.22. The molecule has 4 aromatic carbocycles. The third kappa shape index (κ3) is 15.5. The molecular formula is C48H66O4S2. The molecule has 54 heavy (non-hydrogen) atoms. The van der Waals surface area contributed by atoms with Gasteiger partial charge >= 0.3 is 0 Å². The van der Waals surface area contributed by atoms with Crippen LogP contribution in [0.15, 0.2) is 105 Å². The van der Waals surface area contributed by atoms with E-state index in [1.807, 2.05) is 0 Å². The van der Waals surface area contributed by atoms with Gasteiger partial charge in [0, 0.05) is 20.9 Å². The molecule has 0 saturated heterocycles. The lowest BCUT2D eigenvalue weighted by Crippen LogP contribution is -2.05. The SMILES string of the molecule is CCCCCCOc1cc(-c2cc(OCCCCCC)c(Sc3ccccc3)cc2OCCCCCC)c(OCCCCCC)cc1Sc1ccccc1. The van der Waals surface area contributed by atoms with E-state index >= 15 is 0 Å². The third-order valence-electron chi connectivity index (χ3n) is 9.35. The van der Waals surface area contributed by atoms with Gasteiger partial charge in [-0.1, -0.05) is 165 Å². The number of benzene rings is 4. The molecule has 4 aromatic rings. The summed E-state index contributed by atoms with van der Waals surface area (Å²) < 4.78 is 26.9. The van der Waals surface area contributed by atoms with E-state index in [4.69, 9.17) is 18.9 Å². The minimum atomic E-state index is 0.662. The highest BCUT2D eigenvalue weighted by molar-refractivity contribution is 7.99. The molecule has 0 radical (unpaired) electrons. The van der Waals surface area contributed by atoms with Crippen molar-refractivity contribution in [1.82, 2.24) is 0 Å². The van der Waals surface area contributed by atoms with E-state index in [1.165, 1.54) is 74.0 Å². The molecule has 6 heteroatoms. The van der Waals surface area contributed by atoms with E-state index in [0.717, 1.165) is 82.4 Å². The van der Waals surface area contributed by atoms with Crippen LogP contribution in [0.2, 0.25) is 0 Å². The molecule has 0 aliphatic heterocycles. The first kappa shape index (κ1) is 43.5. The van der Waals surface area contributed by atoms with E-state index in [-0.39, 0.29) is 0 Å². The Kier molecular flexibility index (Phi) is 21.4. The van der Waals surface area contributed by atoms with Gasteiger partial charge in [0.15, 0.2) is 0 Å². The zero-order valence-electron chi connectivity index (χ0n) is 33.7. The second-order valence-corrected chi connectivity index (χ2v) is 16.3. The van der Waals surface area contributed by atoms with E-state index in [2.05, 4.69) is 113 Å². The number of unbranched alkanes of at least 4 members (excludes halogenated alkanes) is 12. The first-order chi connectivity index (χ1) is 26.7. The third-order valence-corrected chi connectivity index (χ3v) is 11.4. The van der Waals surface area contributed by atoms with Crippen molar-refractivity contribution in [3.8, 4) is 34.1 Å². The summed E-state index contributed by atoms with van der Waals surface area (Å²) in [7, 11) is 0. The van der Waals surface area contributed by atoms with E-state index < -0.39 is 0 Å². The van der Waals surface area contributed by atoms with Gasteiger partial charge in [-0.15, -0.1) is 0 Å². The van der Waals surface area contributed by atoms with Gasteiger partial charge in [0.2, 0.25) is 0 Å². The van der Waals surface area contributed by atoms with Gasteiger partial charge in [-0.25, -0.2) is 0 Å². The van der Waals surface area contributed by atoms with Crippen LogP contribution in [-0.4, -0.2) is 26.4 Å². The molecular weight excluding hydrogens is 705 g/mol. The van der Waals surface area contributed by atoms with Gasteiger partial charge in [-0.2, -0.15) is 0 Å². The van der Waals surface area contributed by atoms with Crippen LogP contribution in [0.4, 0.5) is 0 Å². The standard InChI is InChI=1S/C48H66O4S2/c1-5-9-13-23-31-49-43-37-47(53-39-27-19-17-20-28-39)45(51-33-25-15-11-7-3)35-41(43)42-36-46(52-34-26-16-12-8-4)48(54-40-29-21-18-22-30-40)38-44(42)50-32-24-14-10-6-2/h17-22,27-30,35-38H,5-16,23-26,31-34H2,1-4H3. The van der Waals surface area contributed by atoms with Crippen LogP contribution in [-0.2, 0) is 0 Å². The zero-order valence-corrected chi connectivity index (χ0v) is 35.3. The second-order valence-electron chi connectivity index (χ2n) is 14.1. The highest BCUT2D eigenvalue weighted by Crippen LogP contribution is 2.49. The monoisotopic (exact) mass is 770 g/mol. The summed E-state index contributed by atoms with van der Waals surface area (Å²) in [5.41, 5.74) is 1.98. The van der Waals surface area contributed by atoms with E-state index in [0.29, 0.717) is 26.4 Å². The molecule has 0 bridgehead atoms. The van der Waals surface area contributed by atoms with Crippen molar-refractivity contribution in [2.75, 3.05) is 26.4 Å². The lowest BCUT2D eigenvalue weighted by molar-refractivity contribution is 0.288. The molecule has 0 atom stereocenters. The number of rotatable bonds is 29. The van der Waals surface area contributed by atoms with Crippen molar-refractivity contribution in [3.63, 3.8) is 0 Å². The predicted octanol–water partition coefficient (Wildman–Crippen LogP) is 15.5. The van der Waals surface area contributed by atoms with Crippen molar-refractivity contribution in [3.05, 3.63) is 84.9 Å². The Morgan fingerprint density at radius 2 is 0.667 bits per heavy atom. The van der Waals surface area contributed by atoms with Crippen LogP contribution in [0.3, 0.4) is 0 Å². The lowest BCUT2D eigenvalue weighted by Gasteiger charge is -2.22. The average molecular weight is 771 g/mol. The maximum atomic E-state index is 6.76. The minimum absolute atomic E-state index is 0.662. The van der Waals surface area contributed by atoms with Crippen molar-refractivity contribution < 1.29 is 18.9 Å². The maximum absolute atomic E-state index is 6.76. The normalized spacial score (nSPS) is 11.1. The van der Waals surface area contributed by atoms with Gasteiger partial charge in [0.25, 0.3) is 0 Å². The fourth-order valence-electron chi connectivity index (χ4n) is 6.20. The molecule has 4 rings (SSSR count). The highest BCUT2D eigenvalue weighted by Gasteiger charge is 2.22. The van der Waals surface area contributed by atoms with Gasteiger partial charge in [-0.05, 0) is 74.2 Å². The number of hydrogen-bond acceptors (Lipinski definition) is 6. The Morgan fingerprint density at radius 3 is 0.981 bits per heavy atom. The molecule has 0 amide bonds. The molecule has 0 fully saturated rings. The molecule has 294 valence electrons. The summed E-state index contributed by atoms with van der Waals surface area (Å²) in [4.78, 5) is 4.48. The molecule has 0 spiro atoms. The first-order valence-corrected chi connectivity index (χ1v) is 22.6. The van der Waals surface area contributed by atoms with Gasteiger partial charge in [0.1, 0.15) is 23.0 Å². The molecule has 0 aromatic heterocycles. The summed E-state index contributed by atoms with van der Waals surface area (Å²) >= 11 is 3.47. The fraction of sp³-hybridized carbons (Fsp3) is 0.500. The molecule has 0 aliphatic carbocycles. The van der Waals surface area contributed by atoms with Crippen molar-refractivity contribution in [1.29, 1.82) is 0 Å². The van der Waals surface area contributed by atoms with E-state index in [1.54, 1.807) is 23.5 Å². The topological polar surface area (TPSA) is 36.9 Å². The van der Waals surface area contributed by atoms with Crippen molar-refractivity contribution >= 4 is 23.5 Å². The molecule has 0 aliphatic rings. The van der Waals surface area contributed by atoms with E-state index in [9.17, 15) is 0 Å². The maximum Gasteiger partial charge on any atom is 0.134 e. The van der Waals surface area contributed by atoms with Crippen molar-refractivity contribution in [2.45, 2.75) is 150 Å². The van der Waals surface area contributed by atoms with Crippen LogP contribution < -0.4 is 18.9 Å². The van der Waals surface area contributed by atoms with Crippen LogP contribution in [0.5, 0.6) is 23.0 Å². The second kappa shape index (κ2) is 26.6. The van der Waals surface area contributed by atoms with Gasteiger partial charge in [-0.3, -0.25) is 0 Å². The van der Waals surface area contributed by atoms with Crippen LogP contribution in [0.25, 0.3) is 11.1 Å². The van der Waals surface area contributed by atoms with Crippen molar-refractivity contribution in [2.24, 2.45) is 0 Å². The Labute approximate surface area is 336 Å². The molecule has 0 unspecified atom stereocenters. The highest BCUT2D eigenvalue weighted by atomic mass is 32.2. The summed E-state index contributed by atoms with van der Waals surface area (Å²) in [5, 5.41) is 0. The molecule has 0 saturated carbocycles. The average Bonchev–Trinajstić information content (AvgIpc) is 3.19. The fourth-order valence-corrected chi connectivity index (χ4v) is 8.07. The number of ether oxygens (including phenoxy) is 4. The quantitative estimate of drug-likeness (QED) is 0.0512. The lowest BCUT2D eigenvalue weighted by atomic mass is 10.0. The smallest absolute Gasteiger partial charge is 0.134 e. The van der Waals surface area contributed by atoms with Crippen LogP contribution in [0, 0.1) is 0 Å². The molecule has 4 nitrogen and oxygen atoms in total. The Morgan fingerprint density at radius 1 is 0.352 bits per heavy atom. The zero-order chi connectivity index (χ0) is 38.1. The Bertz CT molecular complexity index is 1460. The van der Waals surface area contributed by atoms with Crippen LogP contribution >= 0.6 is 23.5 Å². The predicted molar refractivity (Wildman–Crippen MR) is 232 cm³/mol. The van der Waals surface area contributed by atoms with Gasteiger partial charge < -0.3 is 18.9 Å². The molecule has 0 heterocycles.